The Labute approximate surface area is 148 Å². The van der Waals surface area contributed by atoms with Gasteiger partial charge in [-0.1, -0.05) is 88.9 Å². The van der Waals surface area contributed by atoms with E-state index in [9.17, 15) is 0 Å². The molecule has 0 N–H and O–H groups in total. The van der Waals surface area contributed by atoms with Gasteiger partial charge in [0.2, 0.25) is 0 Å². The van der Waals surface area contributed by atoms with E-state index in [1.54, 1.807) is 0 Å². The van der Waals surface area contributed by atoms with Gasteiger partial charge < -0.3 is 0 Å². The summed E-state index contributed by atoms with van der Waals surface area (Å²) in [7, 11) is 0. The van der Waals surface area contributed by atoms with Crippen molar-refractivity contribution in [1.82, 2.24) is 0 Å². The number of benzene rings is 2. The van der Waals surface area contributed by atoms with E-state index in [1.807, 2.05) is 6.92 Å². The highest BCUT2D eigenvalue weighted by atomic mass is 14.1. The molecule has 0 amide bonds. The summed E-state index contributed by atoms with van der Waals surface area (Å²) >= 11 is 0. The van der Waals surface area contributed by atoms with Crippen LogP contribution in [0.4, 0.5) is 0 Å². The van der Waals surface area contributed by atoms with Gasteiger partial charge in [-0.15, -0.1) is 0 Å². The molecule has 3 rings (SSSR count). The van der Waals surface area contributed by atoms with Crippen molar-refractivity contribution in [3.63, 3.8) is 0 Å². The third kappa shape index (κ3) is 5.09. The maximum Gasteiger partial charge on any atom is -0.0172 e. The Bertz CT molecular complexity index is 699. The Hall–Kier alpha value is -1.82. The van der Waals surface area contributed by atoms with Crippen LogP contribution in [0.2, 0.25) is 0 Å². The predicted molar refractivity (Wildman–Crippen MR) is 110 cm³/mol. The summed E-state index contributed by atoms with van der Waals surface area (Å²) in [5.74, 6) is 1.04. The molecule has 0 aliphatic heterocycles. The lowest BCUT2D eigenvalue weighted by Gasteiger charge is -2.15. The molecule has 128 valence electrons. The van der Waals surface area contributed by atoms with Crippen molar-refractivity contribution < 1.29 is 0 Å². The second kappa shape index (κ2) is 8.87. The van der Waals surface area contributed by atoms with E-state index >= 15 is 0 Å². The third-order valence-electron chi connectivity index (χ3n) is 5.06. The molecule has 0 spiro atoms. The summed E-state index contributed by atoms with van der Waals surface area (Å²) in [6, 6.07) is 13.0. The highest BCUT2D eigenvalue weighted by Gasteiger charge is 2.06. The first-order valence-corrected chi connectivity index (χ1v) is 9.39. The molecule has 2 aromatic rings. The third-order valence-corrected chi connectivity index (χ3v) is 5.06. The molecular formula is C24H32. The first-order valence-electron chi connectivity index (χ1n) is 9.39. The van der Waals surface area contributed by atoms with Crippen molar-refractivity contribution in [3.8, 4) is 0 Å². The van der Waals surface area contributed by atoms with Crippen LogP contribution in [0, 0.1) is 5.92 Å². The van der Waals surface area contributed by atoms with E-state index in [1.165, 1.54) is 59.6 Å². The number of rotatable bonds is 3. The number of hydrogen-bond donors (Lipinski definition) is 0. The molecule has 0 nitrogen and oxygen atoms in total. The minimum absolute atomic E-state index is 0.992. The van der Waals surface area contributed by atoms with Crippen molar-refractivity contribution in [2.75, 3.05) is 0 Å². The maximum atomic E-state index is 4.09. The van der Waals surface area contributed by atoms with Crippen molar-refractivity contribution in [1.29, 1.82) is 0 Å². The zero-order valence-corrected chi connectivity index (χ0v) is 15.7. The second-order valence-electron chi connectivity index (χ2n) is 7.26. The van der Waals surface area contributed by atoms with Crippen LogP contribution in [-0.2, 0) is 0 Å². The molecule has 1 fully saturated rings. The molecule has 0 saturated heterocycles. The van der Waals surface area contributed by atoms with Crippen LogP contribution in [0.1, 0.15) is 70.4 Å². The Kier molecular flexibility index (Phi) is 6.85. The zero-order valence-electron chi connectivity index (χ0n) is 15.7. The van der Waals surface area contributed by atoms with Gasteiger partial charge in [0.05, 0.1) is 0 Å². The lowest BCUT2D eigenvalue weighted by molar-refractivity contribution is 0.385. The first kappa shape index (κ1) is 18.5. The Balaban J connectivity index is 0.000000249. The first-order chi connectivity index (χ1) is 11.5. The quantitative estimate of drug-likeness (QED) is 0.539. The molecule has 0 atom stereocenters. The van der Waals surface area contributed by atoms with Gasteiger partial charge in [-0.2, -0.15) is 0 Å². The summed E-state index contributed by atoms with van der Waals surface area (Å²) in [6.45, 7) is 14.6. The molecule has 1 saturated carbocycles. The van der Waals surface area contributed by atoms with Crippen LogP contribution < -0.4 is 0 Å². The molecule has 0 heteroatoms. The van der Waals surface area contributed by atoms with Gasteiger partial charge in [-0.3, -0.25) is 0 Å². The Morgan fingerprint density at radius 3 is 2.00 bits per heavy atom. The summed E-state index contributed by atoms with van der Waals surface area (Å²) in [5.41, 5.74) is 4.73. The fourth-order valence-corrected chi connectivity index (χ4v) is 3.24. The minimum atomic E-state index is 0.992. The summed E-state index contributed by atoms with van der Waals surface area (Å²) < 4.78 is 0. The van der Waals surface area contributed by atoms with Crippen LogP contribution in [0.3, 0.4) is 0 Å². The van der Waals surface area contributed by atoms with Gasteiger partial charge in [0, 0.05) is 0 Å². The van der Waals surface area contributed by atoms with Gasteiger partial charge in [0.25, 0.3) is 0 Å². The van der Waals surface area contributed by atoms with Crippen LogP contribution in [0.25, 0.3) is 21.9 Å². The summed E-state index contributed by atoms with van der Waals surface area (Å²) in [6.07, 6.45) is 8.43. The van der Waals surface area contributed by atoms with E-state index in [4.69, 9.17) is 0 Å². The standard InChI is InChI=1S/C17H18.C7H14/c1-5-13(4)16-9-7-14-6-8-15(12(2)3)10-17(14)11-16;1-7-5-3-2-4-6-7/h6-11H,2,4-5H2,1,3H3;7H,2-6H2,1H3. The number of hydrogen-bond acceptors (Lipinski definition) is 0. The van der Waals surface area contributed by atoms with E-state index in [0.717, 1.165) is 17.9 Å². The van der Waals surface area contributed by atoms with Gasteiger partial charge in [0.1, 0.15) is 0 Å². The highest BCUT2D eigenvalue weighted by molar-refractivity contribution is 5.88. The van der Waals surface area contributed by atoms with E-state index in [-0.39, 0.29) is 0 Å². The van der Waals surface area contributed by atoms with Gasteiger partial charge in [-0.05, 0) is 58.9 Å². The topological polar surface area (TPSA) is 0 Å². The fourth-order valence-electron chi connectivity index (χ4n) is 3.24. The molecule has 24 heavy (non-hydrogen) atoms. The minimum Gasteiger partial charge on any atom is -0.0955 e. The Morgan fingerprint density at radius 2 is 1.50 bits per heavy atom. The van der Waals surface area contributed by atoms with Gasteiger partial charge in [-0.25, -0.2) is 0 Å². The summed E-state index contributed by atoms with van der Waals surface area (Å²) in [4.78, 5) is 0. The second-order valence-corrected chi connectivity index (χ2v) is 7.26. The molecule has 0 unspecified atom stereocenters. The summed E-state index contributed by atoms with van der Waals surface area (Å²) in [5, 5.41) is 2.53. The molecular weight excluding hydrogens is 288 g/mol. The monoisotopic (exact) mass is 320 g/mol. The fraction of sp³-hybridized carbons (Fsp3) is 0.417. The molecule has 0 bridgehead atoms. The molecule has 0 aromatic heterocycles. The lowest BCUT2D eigenvalue weighted by atomic mass is 9.91. The van der Waals surface area contributed by atoms with Crippen molar-refractivity contribution >= 4 is 21.9 Å². The van der Waals surface area contributed by atoms with Crippen molar-refractivity contribution in [3.05, 3.63) is 60.7 Å². The molecule has 0 radical (unpaired) electrons. The van der Waals surface area contributed by atoms with Crippen LogP contribution in [0.5, 0.6) is 0 Å². The average Bonchev–Trinajstić information content (AvgIpc) is 2.61. The van der Waals surface area contributed by atoms with Crippen molar-refractivity contribution in [2.45, 2.75) is 59.3 Å². The predicted octanol–water partition coefficient (Wildman–Crippen LogP) is 7.88. The molecule has 1 aliphatic carbocycles. The largest absolute Gasteiger partial charge is 0.0955 e. The van der Waals surface area contributed by atoms with E-state index in [0.29, 0.717) is 0 Å². The average molecular weight is 321 g/mol. The van der Waals surface area contributed by atoms with E-state index < -0.39 is 0 Å². The lowest BCUT2D eigenvalue weighted by Crippen LogP contribution is -1.99. The number of fused-ring (bicyclic) bond motifs is 1. The smallest absolute Gasteiger partial charge is 0.0172 e. The van der Waals surface area contributed by atoms with Crippen LogP contribution in [-0.4, -0.2) is 0 Å². The van der Waals surface area contributed by atoms with Crippen LogP contribution >= 0.6 is 0 Å². The van der Waals surface area contributed by atoms with Gasteiger partial charge in [0.15, 0.2) is 0 Å². The number of allylic oxidation sites excluding steroid dienone is 2. The molecule has 0 heterocycles. The Morgan fingerprint density at radius 1 is 0.917 bits per heavy atom. The molecule has 1 aliphatic rings. The normalized spacial score (nSPS) is 14.8. The van der Waals surface area contributed by atoms with Crippen molar-refractivity contribution in [2.24, 2.45) is 5.92 Å². The zero-order chi connectivity index (χ0) is 17.5. The highest BCUT2D eigenvalue weighted by Crippen LogP contribution is 2.25. The molecule has 2 aromatic carbocycles. The maximum absolute atomic E-state index is 4.09. The SMILES string of the molecule is C=C(C)c1ccc2ccc(C(=C)CC)cc2c1.CC1CCCCC1. The van der Waals surface area contributed by atoms with E-state index in [2.05, 4.69) is 63.4 Å². The van der Waals surface area contributed by atoms with Gasteiger partial charge >= 0.3 is 0 Å². The van der Waals surface area contributed by atoms with Crippen LogP contribution in [0.15, 0.2) is 49.6 Å².